The van der Waals surface area contributed by atoms with Crippen LogP contribution in [0.1, 0.15) is 82.2 Å². The Labute approximate surface area is 178 Å². The number of hydrogen-bond acceptors (Lipinski definition) is 6. The van der Waals surface area contributed by atoms with E-state index in [0.717, 1.165) is 5.56 Å². The van der Waals surface area contributed by atoms with Gasteiger partial charge in [-0.15, -0.1) is 0 Å². The van der Waals surface area contributed by atoms with Crippen LogP contribution in [-0.4, -0.2) is 23.8 Å². The van der Waals surface area contributed by atoms with Crippen molar-refractivity contribution in [3.8, 4) is 0 Å². The van der Waals surface area contributed by atoms with Crippen LogP contribution >= 0.6 is 0 Å². The van der Waals surface area contributed by atoms with E-state index in [2.05, 4.69) is 0 Å². The van der Waals surface area contributed by atoms with Crippen LogP contribution in [0.15, 0.2) is 22.3 Å². The number of esters is 2. The molecule has 2 aliphatic carbocycles. The average Bonchev–Trinajstić information content (AvgIpc) is 3.09. The third kappa shape index (κ3) is 3.40. The molecule has 1 aromatic heterocycles. The van der Waals surface area contributed by atoms with Gasteiger partial charge in [-0.3, -0.25) is 9.59 Å². The van der Waals surface area contributed by atoms with Crippen molar-refractivity contribution in [1.82, 2.24) is 0 Å². The van der Waals surface area contributed by atoms with E-state index >= 15 is 0 Å². The molecule has 30 heavy (non-hydrogen) atoms. The normalized spacial score (nSPS) is 31.2. The number of ketones is 1. The number of furan rings is 1. The van der Waals surface area contributed by atoms with E-state index in [1.165, 1.54) is 0 Å². The number of rotatable bonds is 4. The smallest absolute Gasteiger partial charge is 0.333 e. The van der Waals surface area contributed by atoms with Gasteiger partial charge < -0.3 is 13.9 Å². The number of carbonyl (C=O) groups excluding carboxylic acids is 3. The fourth-order valence-corrected chi connectivity index (χ4v) is 4.83. The molecule has 164 valence electrons. The molecule has 0 radical (unpaired) electrons. The lowest BCUT2D eigenvalue weighted by Crippen LogP contribution is -2.55. The molecule has 0 aliphatic heterocycles. The molecule has 2 aliphatic rings. The summed E-state index contributed by atoms with van der Waals surface area (Å²) in [5, 5.41) is 0. The number of allylic oxidation sites excluding steroid dienone is 1. The quantitative estimate of drug-likeness (QED) is 0.510. The third-order valence-corrected chi connectivity index (χ3v) is 7.14. The number of fused-ring (bicyclic) bond motifs is 2. The number of Topliss-reactive ketones (excluding diaryl/α,β-unsaturated/α-hetero) is 1. The highest BCUT2D eigenvalue weighted by atomic mass is 16.6. The van der Waals surface area contributed by atoms with Gasteiger partial charge in [0.1, 0.15) is 12.2 Å². The van der Waals surface area contributed by atoms with Crippen LogP contribution in [0.25, 0.3) is 0 Å². The predicted molar refractivity (Wildman–Crippen MR) is 111 cm³/mol. The summed E-state index contributed by atoms with van der Waals surface area (Å²) in [6, 6.07) is 0. The van der Waals surface area contributed by atoms with E-state index in [1.807, 2.05) is 20.8 Å². The van der Waals surface area contributed by atoms with Crippen molar-refractivity contribution < 1.29 is 28.3 Å². The minimum absolute atomic E-state index is 0.0568. The Balaban J connectivity index is 2.05. The van der Waals surface area contributed by atoms with Crippen molar-refractivity contribution in [2.24, 2.45) is 23.2 Å². The van der Waals surface area contributed by atoms with Gasteiger partial charge in [0.25, 0.3) is 0 Å². The summed E-state index contributed by atoms with van der Waals surface area (Å²) in [7, 11) is 0. The molecule has 0 amide bonds. The number of aryl methyl sites for hydroxylation is 1. The third-order valence-electron chi connectivity index (χ3n) is 7.14. The van der Waals surface area contributed by atoms with Gasteiger partial charge in [-0.05, 0) is 39.2 Å². The minimum atomic E-state index is -0.712. The average molecular weight is 417 g/mol. The second-order valence-electron chi connectivity index (χ2n) is 9.20. The second kappa shape index (κ2) is 8.05. The highest BCUT2D eigenvalue weighted by molar-refractivity contribution is 5.99. The minimum Gasteiger partial charge on any atom is -0.461 e. The van der Waals surface area contributed by atoms with E-state index in [9.17, 15) is 14.4 Å². The maximum absolute atomic E-state index is 13.3. The van der Waals surface area contributed by atoms with E-state index < -0.39 is 11.5 Å². The molecular weight excluding hydrogens is 384 g/mol. The Bertz CT molecular complexity index is 892. The maximum atomic E-state index is 13.3. The fraction of sp³-hybridized carbons (Fsp3) is 0.625. The molecule has 0 bridgehead atoms. The number of carbonyl (C=O) groups is 3. The summed E-state index contributed by atoms with van der Waals surface area (Å²) in [6.07, 6.45) is 3.39. The molecule has 0 spiro atoms. The highest BCUT2D eigenvalue weighted by Gasteiger charge is 2.61. The van der Waals surface area contributed by atoms with E-state index in [-0.39, 0.29) is 41.6 Å². The van der Waals surface area contributed by atoms with Crippen molar-refractivity contribution in [3.05, 3.63) is 34.8 Å². The molecule has 5 atom stereocenters. The summed E-state index contributed by atoms with van der Waals surface area (Å²) < 4.78 is 17.5. The van der Waals surface area contributed by atoms with Gasteiger partial charge in [0, 0.05) is 28.4 Å². The summed E-state index contributed by atoms with van der Waals surface area (Å²) in [5.74, 6) is -1.30. The first-order valence-corrected chi connectivity index (χ1v) is 10.7. The molecule has 0 N–H and O–H groups in total. The molecule has 0 aromatic carbocycles. The molecule has 0 unspecified atom stereocenters. The molecule has 6 heteroatoms. The number of ether oxygens (including phenoxy) is 2. The molecule has 1 fully saturated rings. The molecule has 1 aromatic rings. The molecule has 6 nitrogen and oxygen atoms in total. The molecule has 1 heterocycles. The Hall–Kier alpha value is -2.37. The van der Waals surface area contributed by atoms with E-state index in [1.54, 1.807) is 40.0 Å². The zero-order chi connectivity index (χ0) is 22.4. The molecular formula is C24H32O6. The largest absolute Gasteiger partial charge is 0.461 e. The fourth-order valence-electron chi connectivity index (χ4n) is 4.83. The second-order valence-corrected chi connectivity index (χ2v) is 9.20. The molecule has 0 saturated heterocycles. The van der Waals surface area contributed by atoms with Gasteiger partial charge >= 0.3 is 11.9 Å². The Morgan fingerprint density at radius 2 is 1.93 bits per heavy atom. The van der Waals surface area contributed by atoms with Crippen LogP contribution in [-0.2, 0) is 19.1 Å². The standard InChI is InChI=1S/C24H32O6/c1-8-13(4)23(27)29-17-10-9-16-19(25)20-18(14(5)11-28-20)21(24(16,7)15(17)6)30-22(26)12(2)3/h8,11-12,15-17,21H,9-10H2,1-7H3/b13-8-/t15-,16+,17-,21+,24+/m0/s1. The van der Waals surface area contributed by atoms with Crippen LogP contribution in [0, 0.1) is 30.1 Å². The van der Waals surface area contributed by atoms with Crippen LogP contribution in [0.3, 0.4) is 0 Å². The molecule has 3 rings (SSSR count). The van der Waals surface area contributed by atoms with Gasteiger partial charge in [0.05, 0.1) is 12.2 Å². The summed E-state index contributed by atoms with van der Waals surface area (Å²) in [6.45, 7) is 12.9. The Morgan fingerprint density at radius 1 is 1.27 bits per heavy atom. The van der Waals surface area contributed by atoms with Gasteiger partial charge in [0.15, 0.2) is 5.76 Å². The SMILES string of the molecule is C/C=C(/C)C(=O)O[C@H]1CC[C@@H]2C(=O)c3occ(C)c3[C@@H](OC(=O)C(C)C)[C@]2(C)[C@H]1C. The van der Waals surface area contributed by atoms with Crippen molar-refractivity contribution >= 4 is 17.7 Å². The van der Waals surface area contributed by atoms with Gasteiger partial charge in [-0.25, -0.2) is 4.79 Å². The van der Waals surface area contributed by atoms with Crippen molar-refractivity contribution in [2.75, 3.05) is 0 Å². The Kier molecular flexibility index (Phi) is 5.99. The predicted octanol–water partition coefficient (Wildman–Crippen LogP) is 4.96. The summed E-state index contributed by atoms with van der Waals surface area (Å²) in [4.78, 5) is 38.3. The summed E-state index contributed by atoms with van der Waals surface area (Å²) in [5.41, 5.74) is 1.27. The highest BCUT2D eigenvalue weighted by Crippen LogP contribution is 2.60. The zero-order valence-electron chi connectivity index (χ0n) is 18.9. The Morgan fingerprint density at radius 3 is 2.53 bits per heavy atom. The van der Waals surface area contributed by atoms with Crippen LogP contribution in [0.2, 0.25) is 0 Å². The van der Waals surface area contributed by atoms with Crippen LogP contribution in [0.4, 0.5) is 0 Å². The van der Waals surface area contributed by atoms with E-state index in [4.69, 9.17) is 13.9 Å². The van der Waals surface area contributed by atoms with Crippen LogP contribution < -0.4 is 0 Å². The lowest BCUT2D eigenvalue weighted by molar-refractivity contribution is -0.183. The first kappa shape index (κ1) is 22.3. The molecule has 1 saturated carbocycles. The monoisotopic (exact) mass is 416 g/mol. The van der Waals surface area contributed by atoms with Gasteiger partial charge in [-0.1, -0.05) is 33.8 Å². The van der Waals surface area contributed by atoms with Gasteiger partial charge in [-0.2, -0.15) is 0 Å². The van der Waals surface area contributed by atoms with E-state index in [0.29, 0.717) is 29.7 Å². The zero-order valence-corrected chi connectivity index (χ0v) is 18.9. The lowest BCUT2D eigenvalue weighted by atomic mass is 9.53. The first-order valence-electron chi connectivity index (χ1n) is 10.7. The van der Waals surface area contributed by atoms with Crippen molar-refractivity contribution in [1.29, 1.82) is 0 Å². The van der Waals surface area contributed by atoms with Crippen molar-refractivity contribution in [3.63, 3.8) is 0 Å². The summed E-state index contributed by atoms with van der Waals surface area (Å²) >= 11 is 0. The topological polar surface area (TPSA) is 82.8 Å². The maximum Gasteiger partial charge on any atom is 0.333 e. The first-order chi connectivity index (χ1) is 14.0. The van der Waals surface area contributed by atoms with Crippen molar-refractivity contribution in [2.45, 2.75) is 73.5 Å². The van der Waals surface area contributed by atoms with Gasteiger partial charge in [0.2, 0.25) is 5.78 Å². The lowest BCUT2D eigenvalue weighted by Gasteiger charge is -2.53. The number of hydrogen-bond donors (Lipinski definition) is 0. The van der Waals surface area contributed by atoms with Crippen LogP contribution in [0.5, 0.6) is 0 Å².